The minimum absolute atomic E-state index is 0.147. The van der Waals surface area contributed by atoms with Crippen LogP contribution in [0.3, 0.4) is 0 Å². The number of aryl methyl sites for hydroxylation is 1. The first-order valence-corrected chi connectivity index (χ1v) is 7.42. The highest BCUT2D eigenvalue weighted by Crippen LogP contribution is 2.17. The molecule has 4 heteroatoms. The van der Waals surface area contributed by atoms with Gasteiger partial charge in [-0.15, -0.1) is 11.3 Å². The lowest BCUT2D eigenvalue weighted by molar-refractivity contribution is -0.130. The van der Waals surface area contributed by atoms with E-state index >= 15 is 0 Å². The van der Waals surface area contributed by atoms with Crippen LogP contribution >= 0.6 is 22.9 Å². The lowest BCUT2D eigenvalue weighted by Crippen LogP contribution is -2.26. The minimum Gasteiger partial charge on any atom is -0.341 e. The number of carbonyl (C=O) groups is 1. The maximum Gasteiger partial charge on any atom is 0.222 e. The van der Waals surface area contributed by atoms with Crippen LogP contribution in [0, 0.1) is 0 Å². The van der Waals surface area contributed by atoms with Gasteiger partial charge in [0.2, 0.25) is 5.91 Å². The second-order valence-electron chi connectivity index (χ2n) is 4.42. The Kier molecular flexibility index (Phi) is 5.00. The Balaban J connectivity index is 1.86. The molecule has 1 heterocycles. The lowest BCUT2D eigenvalue weighted by atomic mass is 10.1. The highest BCUT2D eigenvalue weighted by Gasteiger charge is 2.10. The summed E-state index contributed by atoms with van der Waals surface area (Å²) in [6.07, 6.45) is 1.18. The monoisotopic (exact) mass is 293 g/mol. The normalized spacial score (nSPS) is 10.4. The molecule has 0 spiro atoms. The number of thiophene rings is 1. The van der Waals surface area contributed by atoms with Gasteiger partial charge in [-0.2, -0.15) is 0 Å². The zero-order chi connectivity index (χ0) is 13.7. The van der Waals surface area contributed by atoms with Crippen LogP contribution in [0.4, 0.5) is 0 Å². The van der Waals surface area contributed by atoms with Crippen LogP contribution in [0.2, 0.25) is 5.02 Å². The van der Waals surface area contributed by atoms with E-state index in [0.717, 1.165) is 10.6 Å². The zero-order valence-corrected chi connectivity index (χ0v) is 12.4. The molecule has 0 aliphatic carbocycles. The predicted molar refractivity (Wildman–Crippen MR) is 80.6 cm³/mol. The minimum atomic E-state index is 0.147. The molecule has 2 aromatic rings. The van der Waals surface area contributed by atoms with Crippen molar-refractivity contribution in [2.75, 3.05) is 7.05 Å². The van der Waals surface area contributed by atoms with Gasteiger partial charge in [0.25, 0.3) is 0 Å². The largest absolute Gasteiger partial charge is 0.341 e. The summed E-state index contributed by atoms with van der Waals surface area (Å²) in [6, 6.07) is 11.7. The third-order valence-corrected chi connectivity index (χ3v) is 4.19. The molecular weight excluding hydrogens is 278 g/mol. The van der Waals surface area contributed by atoms with E-state index in [9.17, 15) is 4.79 Å². The zero-order valence-electron chi connectivity index (χ0n) is 10.8. The van der Waals surface area contributed by atoms with E-state index in [2.05, 4.69) is 0 Å². The van der Waals surface area contributed by atoms with E-state index in [-0.39, 0.29) is 5.91 Å². The highest BCUT2D eigenvalue weighted by molar-refractivity contribution is 7.09. The van der Waals surface area contributed by atoms with Crippen LogP contribution in [-0.4, -0.2) is 17.9 Å². The van der Waals surface area contributed by atoms with Gasteiger partial charge in [0.1, 0.15) is 0 Å². The molecule has 0 radical (unpaired) electrons. The Hall–Kier alpha value is -1.32. The topological polar surface area (TPSA) is 20.3 Å². The summed E-state index contributed by atoms with van der Waals surface area (Å²) in [5.41, 5.74) is 1.03. The van der Waals surface area contributed by atoms with Gasteiger partial charge in [-0.25, -0.2) is 0 Å². The number of hydrogen-bond donors (Lipinski definition) is 0. The molecule has 0 fully saturated rings. The second-order valence-corrected chi connectivity index (χ2v) is 5.86. The Morgan fingerprint density at radius 1 is 1.26 bits per heavy atom. The number of hydrogen-bond acceptors (Lipinski definition) is 2. The highest BCUT2D eigenvalue weighted by atomic mass is 35.5. The first kappa shape index (κ1) is 14.1. The average Bonchev–Trinajstić information content (AvgIpc) is 2.90. The molecule has 19 heavy (non-hydrogen) atoms. The molecule has 0 aliphatic heterocycles. The molecule has 100 valence electrons. The van der Waals surface area contributed by atoms with Crippen LogP contribution in [0.15, 0.2) is 41.8 Å². The third-order valence-electron chi connectivity index (χ3n) is 2.96. The Bertz CT molecular complexity index is 539. The fourth-order valence-electron chi connectivity index (χ4n) is 1.86. The molecule has 1 aromatic heterocycles. The van der Waals surface area contributed by atoms with Crippen LogP contribution in [0.1, 0.15) is 16.9 Å². The van der Waals surface area contributed by atoms with Gasteiger partial charge in [-0.1, -0.05) is 35.9 Å². The molecule has 2 rings (SSSR count). The van der Waals surface area contributed by atoms with Crippen molar-refractivity contribution in [3.8, 4) is 0 Å². The molecule has 0 saturated heterocycles. The van der Waals surface area contributed by atoms with Gasteiger partial charge in [-0.3, -0.25) is 4.79 Å². The summed E-state index contributed by atoms with van der Waals surface area (Å²) in [5, 5.41) is 2.76. The predicted octanol–water partition coefficient (Wildman–Crippen LogP) is 3.99. The second kappa shape index (κ2) is 6.73. The maximum atomic E-state index is 12.0. The number of rotatable bonds is 5. The molecule has 0 aliphatic rings. The molecule has 0 N–H and O–H groups in total. The van der Waals surface area contributed by atoms with Crippen LogP contribution in [0.25, 0.3) is 0 Å². The first-order valence-electron chi connectivity index (χ1n) is 6.16. The average molecular weight is 294 g/mol. The van der Waals surface area contributed by atoms with Gasteiger partial charge >= 0.3 is 0 Å². The van der Waals surface area contributed by atoms with Gasteiger partial charge in [-0.05, 0) is 29.5 Å². The van der Waals surface area contributed by atoms with Crippen LogP contribution in [0.5, 0.6) is 0 Å². The SMILES string of the molecule is CN(Cc1cccs1)C(=O)CCc1ccccc1Cl. The van der Waals surface area contributed by atoms with Crippen molar-refractivity contribution in [1.82, 2.24) is 4.90 Å². The van der Waals surface area contributed by atoms with E-state index in [1.807, 2.05) is 48.8 Å². The number of benzene rings is 1. The van der Waals surface area contributed by atoms with Crippen molar-refractivity contribution in [3.05, 3.63) is 57.2 Å². The summed E-state index contributed by atoms with van der Waals surface area (Å²) < 4.78 is 0. The lowest BCUT2D eigenvalue weighted by Gasteiger charge is -2.16. The van der Waals surface area contributed by atoms with Gasteiger partial charge in [0, 0.05) is 23.4 Å². The first-order chi connectivity index (χ1) is 9.16. The Morgan fingerprint density at radius 3 is 2.74 bits per heavy atom. The van der Waals surface area contributed by atoms with Crippen molar-refractivity contribution in [1.29, 1.82) is 0 Å². The van der Waals surface area contributed by atoms with Crippen molar-refractivity contribution >= 4 is 28.8 Å². The summed E-state index contributed by atoms with van der Waals surface area (Å²) in [7, 11) is 1.84. The Morgan fingerprint density at radius 2 is 2.05 bits per heavy atom. The van der Waals surface area contributed by atoms with Crippen molar-refractivity contribution in [2.24, 2.45) is 0 Å². The van der Waals surface area contributed by atoms with Gasteiger partial charge in [0.05, 0.1) is 6.54 Å². The number of carbonyl (C=O) groups excluding carboxylic acids is 1. The van der Waals surface area contributed by atoms with Crippen molar-refractivity contribution < 1.29 is 4.79 Å². The van der Waals surface area contributed by atoms with E-state index < -0.39 is 0 Å². The van der Waals surface area contributed by atoms with E-state index in [4.69, 9.17) is 11.6 Å². The van der Waals surface area contributed by atoms with Gasteiger partial charge in [0.15, 0.2) is 0 Å². The standard InChI is InChI=1S/C15H16ClNOS/c1-17(11-13-6-4-10-19-13)15(18)9-8-12-5-2-3-7-14(12)16/h2-7,10H,8-9,11H2,1H3. The molecule has 0 unspecified atom stereocenters. The van der Waals surface area contributed by atoms with Crippen LogP contribution in [-0.2, 0) is 17.8 Å². The number of nitrogens with zero attached hydrogens (tertiary/aromatic N) is 1. The fourth-order valence-corrected chi connectivity index (χ4v) is 2.85. The smallest absolute Gasteiger partial charge is 0.222 e. The summed E-state index contributed by atoms with van der Waals surface area (Å²) in [4.78, 5) is 15.0. The fraction of sp³-hybridized carbons (Fsp3) is 0.267. The molecule has 1 aromatic carbocycles. The summed E-state index contributed by atoms with van der Waals surface area (Å²) in [5.74, 6) is 0.147. The molecule has 0 bridgehead atoms. The van der Waals surface area contributed by atoms with E-state index in [1.54, 1.807) is 16.2 Å². The third kappa shape index (κ3) is 4.08. The Labute approximate surface area is 122 Å². The molecule has 0 atom stereocenters. The molecule has 2 nitrogen and oxygen atoms in total. The summed E-state index contributed by atoms with van der Waals surface area (Å²) in [6.45, 7) is 0.680. The van der Waals surface area contributed by atoms with Gasteiger partial charge < -0.3 is 4.90 Å². The van der Waals surface area contributed by atoms with E-state index in [0.29, 0.717) is 19.4 Å². The maximum absolute atomic E-state index is 12.0. The molecule has 0 saturated carbocycles. The quantitative estimate of drug-likeness (QED) is 0.816. The molecular formula is C15H16ClNOS. The number of halogens is 1. The van der Waals surface area contributed by atoms with Crippen LogP contribution < -0.4 is 0 Å². The number of amides is 1. The van der Waals surface area contributed by atoms with Crippen molar-refractivity contribution in [3.63, 3.8) is 0 Å². The van der Waals surface area contributed by atoms with Crippen molar-refractivity contribution in [2.45, 2.75) is 19.4 Å². The summed E-state index contributed by atoms with van der Waals surface area (Å²) >= 11 is 7.75. The molecule has 1 amide bonds. The van der Waals surface area contributed by atoms with E-state index in [1.165, 1.54) is 4.88 Å².